The Hall–Kier alpha value is -4.18. The van der Waals surface area contributed by atoms with E-state index in [4.69, 9.17) is 14.9 Å². The van der Waals surface area contributed by atoms with Gasteiger partial charge < -0.3 is 25.2 Å². The number of aromatic amines is 1. The smallest absolute Gasteiger partial charge is 0.475 e. The molecule has 2 aromatic heterocycles. The first-order chi connectivity index (χ1) is 22.1. The van der Waals surface area contributed by atoms with Crippen LogP contribution in [0.3, 0.4) is 0 Å². The van der Waals surface area contributed by atoms with Crippen molar-refractivity contribution in [3.05, 3.63) is 78.9 Å². The predicted molar refractivity (Wildman–Crippen MR) is 164 cm³/mol. The lowest BCUT2D eigenvalue weighted by molar-refractivity contribution is -0.192. The molecule has 0 saturated carbocycles. The van der Waals surface area contributed by atoms with Gasteiger partial charge in [-0.15, -0.1) is 11.3 Å². The number of carbonyl (C=O) groups is 2. The molecule has 3 aliphatic heterocycles. The van der Waals surface area contributed by atoms with Gasteiger partial charge in [0.25, 0.3) is 11.5 Å². The summed E-state index contributed by atoms with van der Waals surface area (Å²) in [5, 5.41) is 11.8. The lowest BCUT2D eigenvalue weighted by atomic mass is 10.00. The second-order valence-electron chi connectivity index (χ2n) is 11.6. The summed E-state index contributed by atoms with van der Waals surface area (Å²) in [6.45, 7) is 6.15. The minimum absolute atomic E-state index is 0.0150. The van der Waals surface area contributed by atoms with E-state index in [-0.39, 0.29) is 28.8 Å². The molecule has 1 saturated heterocycles. The van der Waals surface area contributed by atoms with Crippen molar-refractivity contribution in [2.45, 2.75) is 57.5 Å². The highest BCUT2D eigenvalue weighted by Crippen LogP contribution is 2.37. The maximum absolute atomic E-state index is 13.3. The first-order valence-electron chi connectivity index (χ1n) is 14.8. The third kappa shape index (κ3) is 7.87. The molecule has 6 rings (SSSR count). The van der Waals surface area contributed by atoms with Gasteiger partial charge in [0.15, 0.2) is 0 Å². The highest BCUT2D eigenvalue weighted by molar-refractivity contribution is 7.10. The van der Waals surface area contributed by atoms with Crippen LogP contribution in [0.5, 0.6) is 0 Å². The highest BCUT2D eigenvalue weighted by Gasteiger charge is 2.38. The summed E-state index contributed by atoms with van der Waals surface area (Å²) in [4.78, 5) is 47.0. The Bertz CT molecular complexity index is 1740. The molecule has 16 heteroatoms. The van der Waals surface area contributed by atoms with Crippen LogP contribution >= 0.6 is 11.3 Å². The molecule has 0 unspecified atom stereocenters. The fraction of sp³-hybridized carbons (Fsp3) is 0.419. The van der Waals surface area contributed by atoms with Crippen LogP contribution in [0.25, 0.3) is 0 Å². The number of aliphatic carboxylic acids is 1. The average Bonchev–Trinajstić information content (AvgIpc) is 3.78. The Morgan fingerprint density at radius 2 is 1.79 bits per heavy atom. The van der Waals surface area contributed by atoms with Gasteiger partial charge in [-0.05, 0) is 67.6 Å². The first kappa shape index (κ1) is 34.2. The lowest BCUT2D eigenvalue weighted by Gasteiger charge is -2.20. The number of rotatable bonds is 8. The fourth-order valence-electron chi connectivity index (χ4n) is 5.90. The van der Waals surface area contributed by atoms with Crippen LogP contribution in [0.4, 0.5) is 37.7 Å². The molecule has 1 aromatic carbocycles. The van der Waals surface area contributed by atoms with Crippen molar-refractivity contribution in [2.24, 2.45) is 4.99 Å². The Kier molecular flexibility index (Phi) is 9.82. The highest BCUT2D eigenvalue weighted by atomic mass is 32.1. The Labute approximate surface area is 268 Å². The molecule has 0 aliphatic carbocycles. The molecule has 252 valence electrons. The summed E-state index contributed by atoms with van der Waals surface area (Å²) >= 11 is 1.07. The van der Waals surface area contributed by atoms with E-state index in [9.17, 15) is 35.9 Å². The molecule has 1 amide bonds. The zero-order valence-corrected chi connectivity index (χ0v) is 25.9. The molecule has 0 radical (unpaired) electrons. The number of hydrogen-bond donors (Lipinski definition) is 3. The molecule has 0 bridgehead atoms. The summed E-state index contributed by atoms with van der Waals surface area (Å²) < 4.78 is 71.8. The van der Waals surface area contributed by atoms with Crippen molar-refractivity contribution in [3.8, 4) is 0 Å². The summed E-state index contributed by atoms with van der Waals surface area (Å²) in [5.41, 5.74) is 3.79. The molecule has 3 aliphatic rings. The van der Waals surface area contributed by atoms with Gasteiger partial charge in [-0.1, -0.05) is 6.07 Å². The van der Waals surface area contributed by atoms with Crippen LogP contribution in [0.2, 0.25) is 0 Å². The number of aromatic nitrogens is 1. The van der Waals surface area contributed by atoms with Crippen molar-refractivity contribution in [1.29, 1.82) is 0 Å². The summed E-state index contributed by atoms with van der Waals surface area (Å²) in [5.74, 6) is -2.74. The van der Waals surface area contributed by atoms with E-state index in [2.05, 4.69) is 15.2 Å². The number of anilines is 1. The van der Waals surface area contributed by atoms with Crippen molar-refractivity contribution in [2.75, 3.05) is 31.5 Å². The number of thiophene rings is 1. The van der Waals surface area contributed by atoms with Crippen molar-refractivity contribution in [3.63, 3.8) is 0 Å². The molecule has 0 spiro atoms. The molecule has 9 nitrogen and oxygen atoms in total. The van der Waals surface area contributed by atoms with Gasteiger partial charge in [-0.3, -0.25) is 14.6 Å². The number of benzene rings is 1. The number of fused-ring (bicyclic) bond motifs is 2. The third-order valence-corrected chi connectivity index (χ3v) is 9.06. The summed E-state index contributed by atoms with van der Waals surface area (Å²) in [7, 11) is 0. The normalized spacial score (nSPS) is 16.8. The standard InChI is InChI=1S/C29H30F3N5O2S.C2HF3O2/c1-17(12-25-21(5-11-40-25)29(30,31)32)34-22-4-6-33-27(38)26(22)24-14-18-13-19-16-37(10-9-36-7-2-3-8-36)28(39)20(19)15-23(18)35-24;3-2(4,5)1(6)7/h4-6,11,13,15,17H,2-3,7-10,12,14,16H2,1H3,(H2,33,34,38);(H,6,7)/t17-;/m0./s1. The second-order valence-corrected chi connectivity index (χ2v) is 12.6. The number of halogens is 6. The summed E-state index contributed by atoms with van der Waals surface area (Å²) in [6, 6.07) is 6.30. The monoisotopic (exact) mass is 683 g/mol. The van der Waals surface area contributed by atoms with Gasteiger partial charge >= 0.3 is 18.3 Å². The SMILES string of the molecule is C[C@@H](Cc1sccc1C(F)(F)F)Nc1cc[nH]c(=O)c1C1=Nc2cc3c(cc2C1)CN(CCN1CCCC1)C3=O.O=C(O)C(F)(F)F. The van der Waals surface area contributed by atoms with Crippen LogP contribution in [-0.2, 0) is 30.4 Å². The Morgan fingerprint density at radius 1 is 1.09 bits per heavy atom. The number of H-pyrrole nitrogens is 1. The third-order valence-electron chi connectivity index (χ3n) is 8.12. The number of pyridine rings is 1. The quantitative estimate of drug-likeness (QED) is 0.256. The molecular weight excluding hydrogens is 652 g/mol. The number of nitrogens with zero attached hydrogens (tertiary/aromatic N) is 3. The van der Waals surface area contributed by atoms with E-state index < -0.39 is 23.9 Å². The van der Waals surface area contributed by atoms with E-state index in [0.717, 1.165) is 48.2 Å². The predicted octanol–water partition coefficient (Wildman–Crippen LogP) is 5.86. The molecule has 1 fully saturated rings. The number of likely N-dealkylation sites (tertiary alicyclic amines) is 1. The van der Waals surface area contributed by atoms with Gasteiger partial charge in [0.05, 0.1) is 28.2 Å². The van der Waals surface area contributed by atoms with Crippen LogP contribution in [0, 0.1) is 0 Å². The van der Waals surface area contributed by atoms with Crippen molar-refractivity contribution < 1.29 is 41.0 Å². The lowest BCUT2D eigenvalue weighted by Crippen LogP contribution is -2.33. The number of carboxylic acid groups (broad SMARTS) is 1. The summed E-state index contributed by atoms with van der Waals surface area (Å²) in [6.07, 6.45) is -4.94. The van der Waals surface area contributed by atoms with Gasteiger partial charge in [0, 0.05) is 55.2 Å². The second kappa shape index (κ2) is 13.5. The van der Waals surface area contributed by atoms with Crippen LogP contribution in [-0.4, -0.2) is 75.9 Å². The molecule has 3 aromatic rings. The number of amides is 1. The number of aliphatic imine (C=N–C) groups is 1. The number of carboxylic acids is 1. The van der Waals surface area contributed by atoms with Crippen molar-refractivity contribution in [1.82, 2.24) is 14.8 Å². The fourth-order valence-corrected chi connectivity index (χ4v) is 6.92. The molecule has 1 atom stereocenters. The largest absolute Gasteiger partial charge is 0.490 e. The zero-order chi connectivity index (χ0) is 34.1. The van der Waals surface area contributed by atoms with E-state index >= 15 is 0 Å². The van der Waals surface area contributed by atoms with E-state index in [1.807, 2.05) is 17.0 Å². The first-order valence-corrected chi connectivity index (χ1v) is 15.7. The van der Waals surface area contributed by atoms with E-state index in [1.165, 1.54) is 24.4 Å². The van der Waals surface area contributed by atoms with Gasteiger partial charge in [-0.25, -0.2) is 4.79 Å². The van der Waals surface area contributed by atoms with Crippen LogP contribution in [0.1, 0.15) is 57.3 Å². The minimum atomic E-state index is -5.08. The van der Waals surface area contributed by atoms with Gasteiger partial charge in [0.2, 0.25) is 0 Å². The van der Waals surface area contributed by atoms with Gasteiger partial charge in [0.1, 0.15) is 0 Å². The number of alkyl halides is 6. The van der Waals surface area contributed by atoms with Crippen molar-refractivity contribution >= 4 is 40.3 Å². The van der Waals surface area contributed by atoms with E-state index in [1.54, 1.807) is 13.0 Å². The average molecular weight is 684 g/mol. The number of carbonyl (C=O) groups excluding carboxylic acids is 1. The molecular formula is C31H31F6N5O4S. The molecule has 3 N–H and O–H groups in total. The Morgan fingerprint density at radius 3 is 2.45 bits per heavy atom. The topological polar surface area (TPSA) is 118 Å². The number of hydrogen-bond acceptors (Lipinski definition) is 7. The molecule has 47 heavy (non-hydrogen) atoms. The maximum atomic E-state index is 13.3. The zero-order valence-electron chi connectivity index (χ0n) is 25.1. The molecule has 5 heterocycles. The van der Waals surface area contributed by atoms with Crippen LogP contribution < -0.4 is 10.9 Å². The van der Waals surface area contributed by atoms with Gasteiger partial charge in [-0.2, -0.15) is 26.3 Å². The number of nitrogens with one attached hydrogen (secondary N) is 2. The van der Waals surface area contributed by atoms with Crippen LogP contribution in [0.15, 0.2) is 45.6 Å². The van der Waals surface area contributed by atoms with E-state index in [0.29, 0.717) is 47.7 Å². The maximum Gasteiger partial charge on any atom is 0.490 e. The Balaban J connectivity index is 0.000000559. The minimum Gasteiger partial charge on any atom is -0.475 e.